The maximum atomic E-state index is 12.7. The number of carbonyl (C=O) groups is 2. The first kappa shape index (κ1) is 25.2. The van der Waals surface area contributed by atoms with Gasteiger partial charge in [-0.2, -0.15) is 0 Å². The number of anilines is 1. The van der Waals surface area contributed by atoms with Gasteiger partial charge >= 0.3 is 0 Å². The van der Waals surface area contributed by atoms with Crippen molar-refractivity contribution in [3.05, 3.63) is 30.3 Å². The summed E-state index contributed by atoms with van der Waals surface area (Å²) < 4.78 is 0. The molecule has 2 fully saturated rings. The van der Waals surface area contributed by atoms with Crippen LogP contribution in [-0.4, -0.2) is 79.9 Å². The molecule has 0 saturated carbocycles. The third kappa shape index (κ3) is 7.55. The van der Waals surface area contributed by atoms with E-state index >= 15 is 0 Å². The third-order valence-corrected chi connectivity index (χ3v) is 5.76. The normalized spacial score (nSPS) is 19.6. The fourth-order valence-electron chi connectivity index (χ4n) is 4.23. The smallest absolute Gasteiger partial charge is 0.244 e. The summed E-state index contributed by atoms with van der Waals surface area (Å²) in [6.07, 6.45) is 2.40. The van der Waals surface area contributed by atoms with Crippen molar-refractivity contribution in [2.75, 3.05) is 57.3 Å². The first-order valence-electron chi connectivity index (χ1n) is 11.0. The maximum absolute atomic E-state index is 12.7. The van der Waals surface area contributed by atoms with E-state index < -0.39 is 0 Å². The minimum absolute atomic E-state index is 0. The van der Waals surface area contributed by atoms with Crippen LogP contribution in [0.1, 0.15) is 26.2 Å². The van der Waals surface area contributed by atoms with E-state index in [4.69, 9.17) is 5.73 Å². The van der Waals surface area contributed by atoms with E-state index in [1.807, 2.05) is 30.0 Å². The van der Waals surface area contributed by atoms with Crippen molar-refractivity contribution in [3.63, 3.8) is 0 Å². The summed E-state index contributed by atoms with van der Waals surface area (Å²) in [5.74, 6) is 0.808. The van der Waals surface area contributed by atoms with Crippen molar-refractivity contribution in [1.29, 1.82) is 0 Å². The number of benzene rings is 1. The average Bonchev–Trinajstić information content (AvgIpc) is 2.77. The Kier molecular flexibility index (Phi) is 10.4. The van der Waals surface area contributed by atoms with Crippen molar-refractivity contribution in [2.45, 2.75) is 26.2 Å². The van der Waals surface area contributed by atoms with Gasteiger partial charge in [0.2, 0.25) is 11.8 Å². The highest BCUT2D eigenvalue weighted by molar-refractivity contribution is 14.0. The van der Waals surface area contributed by atoms with Gasteiger partial charge in [0.05, 0.1) is 0 Å². The van der Waals surface area contributed by atoms with Crippen LogP contribution in [0.3, 0.4) is 0 Å². The van der Waals surface area contributed by atoms with E-state index in [1.165, 1.54) is 5.69 Å². The highest BCUT2D eigenvalue weighted by Crippen LogP contribution is 2.19. The Morgan fingerprint density at radius 3 is 2.45 bits per heavy atom. The molecular formula is C22H35IN6O2. The zero-order valence-electron chi connectivity index (χ0n) is 18.3. The molecule has 1 aromatic carbocycles. The van der Waals surface area contributed by atoms with Crippen LogP contribution in [0.15, 0.2) is 35.3 Å². The molecule has 2 heterocycles. The molecule has 1 atom stereocenters. The number of likely N-dealkylation sites (tertiary alicyclic amines) is 1. The molecule has 1 unspecified atom stereocenters. The predicted molar refractivity (Wildman–Crippen MR) is 135 cm³/mol. The van der Waals surface area contributed by atoms with E-state index in [0.29, 0.717) is 19.5 Å². The fourth-order valence-corrected chi connectivity index (χ4v) is 4.23. The van der Waals surface area contributed by atoms with Crippen molar-refractivity contribution in [2.24, 2.45) is 16.6 Å². The van der Waals surface area contributed by atoms with Gasteiger partial charge in [0, 0.05) is 57.9 Å². The molecule has 0 radical (unpaired) electrons. The number of hydrogen-bond donors (Lipinski definition) is 2. The Bertz CT molecular complexity index is 737. The van der Waals surface area contributed by atoms with Crippen LogP contribution < -0.4 is 16.0 Å². The molecule has 2 aliphatic rings. The zero-order chi connectivity index (χ0) is 21.3. The fraction of sp³-hybridized carbons (Fsp3) is 0.591. The van der Waals surface area contributed by atoms with Crippen molar-refractivity contribution < 1.29 is 9.59 Å². The van der Waals surface area contributed by atoms with Crippen molar-refractivity contribution in [3.8, 4) is 0 Å². The van der Waals surface area contributed by atoms with Gasteiger partial charge < -0.3 is 25.8 Å². The number of guanidine groups is 1. The van der Waals surface area contributed by atoms with E-state index in [-0.39, 0.29) is 48.3 Å². The minimum atomic E-state index is -0.256. The molecule has 2 saturated heterocycles. The minimum Gasteiger partial charge on any atom is -0.370 e. The highest BCUT2D eigenvalue weighted by atomic mass is 127. The lowest BCUT2D eigenvalue weighted by Gasteiger charge is -2.36. The van der Waals surface area contributed by atoms with Crippen LogP contribution in [0, 0.1) is 5.92 Å². The summed E-state index contributed by atoms with van der Waals surface area (Å²) in [5.41, 5.74) is 6.58. The number of nitrogens with two attached hydrogens (primary N) is 1. The Balaban J connectivity index is 0.00000341. The second-order valence-corrected chi connectivity index (χ2v) is 8.00. The van der Waals surface area contributed by atoms with Gasteiger partial charge in [-0.1, -0.05) is 18.2 Å². The first-order chi connectivity index (χ1) is 14.6. The van der Waals surface area contributed by atoms with Gasteiger partial charge in [-0.3, -0.25) is 9.59 Å². The third-order valence-electron chi connectivity index (χ3n) is 5.76. The van der Waals surface area contributed by atoms with Gasteiger partial charge in [0.25, 0.3) is 0 Å². The van der Waals surface area contributed by atoms with Crippen LogP contribution in [-0.2, 0) is 9.59 Å². The number of nitrogens with one attached hydrogen (secondary N) is 1. The molecule has 3 N–H and O–H groups in total. The lowest BCUT2D eigenvalue weighted by Crippen LogP contribution is -2.50. The quantitative estimate of drug-likeness (QED) is 0.323. The van der Waals surface area contributed by atoms with Crippen LogP contribution in [0.2, 0.25) is 0 Å². The Morgan fingerprint density at radius 1 is 1.10 bits per heavy atom. The predicted octanol–water partition coefficient (Wildman–Crippen LogP) is 1.51. The first-order valence-corrected chi connectivity index (χ1v) is 11.0. The largest absolute Gasteiger partial charge is 0.370 e. The monoisotopic (exact) mass is 542 g/mol. The Hall–Kier alpha value is -2.04. The number of primary amides is 1. The summed E-state index contributed by atoms with van der Waals surface area (Å²) in [4.78, 5) is 35.0. The van der Waals surface area contributed by atoms with E-state index in [0.717, 1.165) is 51.5 Å². The van der Waals surface area contributed by atoms with E-state index in [9.17, 15) is 9.59 Å². The summed E-state index contributed by atoms with van der Waals surface area (Å²) >= 11 is 0. The number of piperazine rings is 1. The lowest BCUT2D eigenvalue weighted by molar-refractivity contribution is -0.129. The lowest BCUT2D eigenvalue weighted by atomic mass is 9.95. The summed E-state index contributed by atoms with van der Waals surface area (Å²) in [6.45, 7) is 7.62. The molecule has 2 aliphatic heterocycles. The zero-order valence-corrected chi connectivity index (χ0v) is 20.7. The summed E-state index contributed by atoms with van der Waals surface area (Å²) in [7, 11) is 0. The second-order valence-electron chi connectivity index (χ2n) is 8.00. The van der Waals surface area contributed by atoms with Crippen molar-refractivity contribution >= 4 is 47.4 Å². The van der Waals surface area contributed by atoms with E-state index in [1.54, 1.807) is 0 Å². The van der Waals surface area contributed by atoms with Crippen LogP contribution in [0.25, 0.3) is 0 Å². The molecule has 172 valence electrons. The summed E-state index contributed by atoms with van der Waals surface area (Å²) in [6, 6.07) is 10.3. The molecule has 31 heavy (non-hydrogen) atoms. The Labute approximate surface area is 202 Å². The molecule has 8 nitrogen and oxygen atoms in total. The number of carbonyl (C=O) groups excluding carboxylic acids is 2. The number of para-hydroxylation sites is 1. The number of nitrogens with zero attached hydrogens (tertiary/aromatic N) is 4. The van der Waals surface area contributed by atoms with Crippen LogP contribution in [0.5, 0.6) is 0 Å². The van der Waals surface area contributed by atoms with Crippen LogP contribution in [0.4, 0.5) is 5.69 Å². The number of rotatable bonds is 6. The van der Waals surface area contributed by atoms with Gasteiger partial charge in [-0.25, -0.2) is 4.99 Å². The molecule has 3 rings (SSSR count). The van der Waals surface area contributed by atoms with Gasteiger partial charge in [-0.05, 0) is 37.8 Å². The topological polar surface area (TPSA) is 94.3 Å². The molecule has 0 bridgehead atoms. The van der Waals surface area contributed by atoms with Crippen LogP contribution >= 0.6 is 24.0 Å². The van der Waals surface area contributed by atoms with Gasteiger partial charge in [-0.15, -0.1) is 24.0 Å². The highest BCUT2D eigenvalue weighted by Gasteiger charge is 2.25. The number of piperidine rings is 1. The average molecular weight is 542 g/mol. The molecule has 0 aliphatic carbocycles. The molecule has 9 heteroatoms. The number of hydrogen-bond acceptors (Lipinski definition) is 4. The molecule has 2 amide bonds. The molecule has 1 aromatic rings. The standard InChI is InChI=1S/C22H34N6O2.HI/c1-2-24-22(28-10-6-7-18(17-28)15-20(23)29)25-16-21(30)27-13-11-26(12-14-27)19-8-4-3-5-9-19;/h3-5,8-9,18H,2,6-7,10-17H2,1H3,(H2,23,29)(H,24,25);1H. The summed E-state index contributed by atoms with van der Waals surface area (Å²) in [5, 5.41) is 3.29. The van der Waals surface area contributed by atoms with E-state index in [2.05, 4.69) is 32.2 Å². The molecular weight excluding hydrogens is 507 g/mol. The Morgan fingerprint density at radius 2 is 1.81 bits per heavy atom. The SMILES string of the molecule is CCNC(=NCC(=O)N1CCN(c2ccccc2)CC1)N1CCCC(CC(N)=O)C1.I. The second kappa shape index (κ2) is 12.7. The molecule has 0 spiro atoms. The number of halogens is 1. The maximum Gasteiger partial charge on any atom is 0.244 e. The van der Waals surface area contributed by atoms with Gasteiger partial charge in [0.15, 0.2) is 5.96 Å². The number of amides is 2. The van der Waals surface area contributed by atoms with Crippen molar-refractivity contribution in [1.82, 2.24) is 15.1 Å². The van der Waals surface area contributed by atoms with Gasteiger partial charge in [0.1, 0.15) is 6.54 Å². The number of aliphatic imine (C=N–C) groups is 1. The molecule has 0 aromatic heterocycles.